The van der Waals surface area contributed by atoms with Crippen molar-refractivity contribution in [1.82, 2.24) is 5.43 Å². The van der Waals surface area contributed by atoms with Gasteiger partial charge in [-0.05, 0) is 54.8 Å². The molecule has 0 aromatic heterocycles. The molecular weight excluding hydrogens is 321 g/mol. The number of carbonyl (C=O) groups is 1. The summed E-state index contributed by atoms with van der Waals surface area (Å²) < 4.78 is 18.0. The van der Waals surface area contributed by atoms with E-state index in [0.29, 0.717) is 5.75 Å². The molecule has 5 nitrogen and oxygen atoms in total. The number of benzene rings is 2. The first kappa shape index (κ1) is 17.0. The number of halogens is 1. The number of anilines is 1. The van der Waals surface area contributed by atoms with Crippen LogP contribution in [-0.4, -0.2) is 31.8 Å². The van der Waals surface area contributed by atoms with E-state index in [1.807, 2.05) is 12.1 Å². The monoisotopic (exact) mass is 341 g/mol. The molecule has 1 fully saturated rings. The minimum absolute atomic E-state index is 0.184. The largest absolute Gasteiger partial charge is 0.484 e. The molecule has 1 heterocycles. The smallest absolute Gasteiger partial charge is 0.277 e. The van der Waals surface area contributed by atoms with Gasteiger partial charge in [0.25, 0.3) is 5.91 Å². The van der Waals surface area contributed by atoms with E-state index in [0.717, 1.165) is 18.7 Å². The highest BCUT2D eigenvalue weighted by atomic mass is 19.1. The number of hydrogen-bond donors (Lipinski definition) is 1. The van der Waals surface area contributed by atoms with Crippen LogP contribution in [0.25, 0.3) is 0 Å². The van der Waals surface area contributed by atoms with Gasteiger partial charge in [0.05, 0.1) is 6.21 Å². The second-order valence-corrected chi connectivity index (χ2v) is 5.82. The molecule has 0 spiro atoms. The molecule has 25 heavy (non-hydrogen) atoms. The van der Waals surface area contributed by atoms with Crippen molar-refractivity contribution in [2.24, 2.45) is 5.10 Å². The van der Waals surface area contributed by atoms with E-state index in [2.05, 4.69) is 27.6 Å². The molecule has 0 saturated carbocycles. The quantitative estimate of drug-likeness (QED) is 0.649. The van der Waals surface area contributed by atoms with Crippen LogP contribution in [0, 0.1) is 5.82 Å². The van der Waals surface area contributed by atoms with Crippen molar-refractivity contribution in [3.63, 3.8) is 0 Å². The zero-order valence-corrected chi connectivity index (χ0v) is 13.8. The van der Waals surface area contributed by atoms with Gasteiger partial charge >= 0.3 is 0 Å². The summed E-state index contributed by atoms with van der Waals surface area (Å²) >= 11 is 0. The summed E-state index contributed by atoms with van der Waals surface area (Å²) in [5.41, 5.74) is 4.52. The van der Waals surface area contributed by atoms with Crippen LogP contribution in [-0.2, 0) is 4.79 Å². The Morgan fingerprint density at radius 2 is 1.80 bits per heavy atom. The minimum Gasteiger partial charge on any atom is -0.484 e. The van der Waals surface area contributed by atoms with Gasteiger partial charge < -0.3 is 9.64 Å². The van der Waals surface area contributed by atoms with Crippen molar-refractivity contribution in [3.05, 3.63) is 59.9 Å². The third-order valence-electron chi connectivity index (χ3n) is 3.95. The number of hydrazone groups is 1. The Hall–Kier alpha value is -2.89. The SMILES string of the molecule is O=C(COc1ccc(F)cc1)N/N=C/c1ccc(N2CCCC2)cc1. The zero-order valence-electron chi connectivity index (χ0n) is 13.8. The Morgan fingerprint density at radius 3 is 2.48 bits per heavy atom. The van der Waals surface area contributed by atoms with Crippen LogP contribution < -0.4 is 15.1 Å². The van der Waals surface area contributed by atoms with Gasteiger partial charge in [-0.1, -0.05) is 12.1 Å². The molecule has 0 unspecified atom stereocenters. The number of amides is 1. The Balaban J connectivity index is 1.44. The Kier molecular flexibility index (Phi) is 5.61. The molecular formula is C19H20FN3O2. The van der Waals surface area contributed by atoms with E-state index in [-0.39, 0.29) is 18.3 Å². The maximum Gasteiger partial charge on any atom is 0.277 e. The highest BCUT2D eigenvalue weighted by Gasteiger charge is 2.11. The van der Waals surface area contributed by atoms with Gasteiger partial charge in [0.1, 0.15) is 11.6 Å². The van der Waals surface area contributed by atoms with Gasteiger partial charge in [-0.15, -0.1) is 0 Å². The van der Waals surface area contributed by atoms with Gasteiger partial charge in [-0.3, -0.25) is 4.79 Å². The Bertz CT molecular complexity index is 723. The number of nitrogens with one attached hydrogen (secondary N) is 1. The summed E-state index contributed by atoms with van der Waals surface area (Å²) in [6.07, 6.45) is 4.08. The molecule has 0 aliphatic carbocycles. The number of rotatable bonds is 6. The fourth-order valence-corrected chi connectivity index (χ4v) is 2.64. The lowest BCUT2D eigenvalue weighted by atomic mass is 10.2. The topological polar surface area (TPSA) is 53.9 Å². The summed E-state index contributed by atoms with van der Waals surface area (Å²) in [4.78, 5) is 14.0. The Morgan fingerprint density at radius 1 is 1.12 bits per heavy atom. The van der Waals surface area contributed by atoms with Gasteiger partial charge in [0.15, 0.2) is 6.61 Å². The van der Waals surface area contributed by atoms with E-state index in [9.17, 15) is 9.18 Å². The average molecular weight is 341 g/mol. The van der Waals surface area contributed by atoms with E-state index >= 15 is 0 Å². The maximum atomic E-state index is 12.8. The lowest BCUT2D eigenvalue weighted by molar-refractivity contribution is -0.123. The van der Waals surface area contributed by atoms with Crippen LogP contribution in [0.2, 0.25) is 0 Å². The maximum absolute atomic E-state index is 12.8. The number of carbonyl (C=O) groups excluding carboxylic acids is 1. The molecule has 0 radical (unpaired) electrons. The first-order valence-corrected chi connectivity index (χ1v) is 8.26. The number of ether oxygens (including phenoxy) is 1. The van der Waals surface area contributed by atoms with Crippen molar-refractivity contribution < 1.29 is 13.9 Å². The van der Waals surface area contributed by atoms with E-state index < -0.39 is 0 Å². The molecule has 130 valence electrons. The highest BCUT2D eigenvalue weighted by Crippen LogP contribution is 2.19. The third-order valence-corrected chi connectivity index (χ3v) is 3.95. The molecule has 0 bridgehead atoms. The van der Waals surface area contributed by atoms with Crippen LogP contribution >= 0.6 is 0 Å². The summed E-state index contributed by atoms with van der Waals surface area (Å²) in [5.74, 6) is -0.301. The second-order valence-electron chi connectivity index (χ2n) is 5.82. The molecule has 3 rings (SSSR count). The molecule has 1 aliphatic rings. The van der Waals surface area contributed by atoms with E-state index in [4.69, 9.17) is 4.74 Å². The fourth-order valence-electron chi connectivity index (χ4n) is 2.64. The molecule has 1 aliphatic heterocycles. The molecule has 2 aromatic rings. The third kappa shape index (κ3) is 5.04. The normalized spacial score (nSPS) is 14.0. The first-order valence-electron chi connectivity index (χ1n) is 8.26. The summed E-state index contributed by atoms with van der Waals surface area (Å²) in [5, 5.41) is 3.92. The second kappa shape index (κ2) is 8.28. The van der Waals surface area contributed by atoms with Gasteiger partial charge in [0, 0.05) is 18.8 Å². The predicted octanol–water partition coefficient (Wildman–Crippen LogP) is 2.96. The molecule has 2 aromatic carbocycles. The van der Waals surface area contributed by atoms with Gasteiger partial charge in [-0.25, -0.2) is 9.82 Å². The molecule has 1 saturated heterocycles. The number of nitrogens with zero attached hydrogens (tertiary/aromatic N) is 2. The molecule has 6 heteroatoms. The van der Waals surface area contributed by atoms with Gasteiger partial charge in [0.2, 0.25) is 0 Å². The lowest BCUT2D eigenvalue weighted by Gasteiger charge is -2.17. The summed E-state index contributed by atoms with van der Waals surface area (Å²) in [6.45, 7) is 2.03. The molecule has 1 N–H and O–H groups in total. The van der Waals surface area contributed by atoms with E-state index in [1.165, 1.54) is 42.8 Å². The van der Waals surface area contributed by atoms with E-state index in [1.54, 1.807) is 6.21 Å². The first-order chi connectivity index (χ1) is 12.2. The number of hydrogen-bond acceptors (Lipinski definition) is 4. The molecule has 1 amide bonds. The minimum atomic E-state index is -0.380. The van der Waals surface area contributed by atoms with Crippen LogP contribution in [0.15, 0.2) is 53.6 Å². The van der Waals surface area contributed by atoms with Crippen molar-refractivity contribution in [2.75, 3.05) is 24.6 Å². The van der Waals surface area contributed by atoms with Crippen molar-refractivity contribution in [3.8, 4) is 5.75 Å². The lowest BCUT2D eigenvalue weighted by Crippen LogP contribution is -2.24. The van der Waals surface area contributed by atoms with Crippen molar-refractivity contribution >= 4 is 17.8 Å². The van der Waals surface area contributed by atoms with Crippen LogP contribution in [0.1, 0.15) is 18.4 Å². The predicted molar refractivity (Wildman–Crippen MR) is 95.5 cm³/mol. The average Bonchev–Trinajstić information content (AvgIpc) is 3.16. The zero-order chi connectivity index (χ0) is 17.5. The fraction of sp³-hybridized carbons (Fsp3) is 0.263. The van der Waals surface area contributed by atoms with Crippen molar-refractivity contribution in [1.29, 1.82) is 0 Å². The van der Waals surface area contributed by atoms with Crippen LogP contribution in [0.3, 0.4) is 0 Å². The molecule has 0 atom stereocenters. The van der Waals surface area contributed by atoms with Gasteiger partial charge in [-0.2, -0.15) is 5.10 Å². The van der Waals surface area contributed by atoms with Crippen LogP contribution in [0.5, 0.6) is 5.75 Å². The highest BCUT2D eigenvalue weighted by molar-refractivity contribution is 5.83. The Labute approximate surface area is 146 Å². The standard InChI is InChI=1S/C19H20FN3O2/c20-16-5-9-18(10-6-16)25-14-19(24)22-21-13-15-3-7-17(8-4-15)23-11-1-2-12-23/h3-10,13H,1-2,11-12,14H2,(H,22,24)/b21-13+. The summed E-state index contributed by atoms with van der Waals surface area (Å²) in [7, 11) is 0. The van der Waals surface area contributed by atoms with Crippen LogP contribution in [0.4, 0.5) is 10.1 Å². The summed E-state index contributed by atoms with van der Waals surface area (Å²) in [6, 6.07) is 13.5. The van der Waals surface area contributed by atoms with Crippen molar-refractivity contribution in [2.45, 2.75) is 12.8 Å².